The van der Waals surface area contributed by atoms with E-state index in [1.165, 1.54) is 0 Å². The molecule has 214 valence electrons. The van der Waals surface area contributed by atoms with Crippen LogP contribution in [0.25, 0.3) is 0 Å². The molecule has 5 rings (SSSR count). The zero-order valence-corrected chi connectivity index (χ0v) is 25.0. The molecule has 1 aliphatic carbocycles. The van der Waals surface area contributed by atoms with Gasteiger partial charge in [-0.2, -0.15) is 0 Å². The number of piperidine rings is 1. The fraction of sp³-hybridized carbons (Fsp3) is 0.533. The fourth-order valence-electron chi connectivity index (χ4n) is 5.96. The van der Waals surface area contributed by atoms with Crippen LogP contribution < -0.4 is 4.74 Å². The summed E-state index contributed by atoms with van der Waals surface area (Å²) < 4.78 is 5.71. The van der Waals surface area contributed by atoms with Gasteiger partial charge in [0.1, 0.15) is 5.75 Å². The molecule has 40 heavy (non-hydrogen) atoms. The van der Waals surface area contributed by atoms with Gasteiger partial charge in [-0.05, 0) is 57.2 Å². The fourth-order valence-corrected chi connectivity index (χ4v) is 6.27. The molecule has 1 aromatic heterocycles. The number of ether oxygens (including phenoxy) is 1. The van der Waals surface area contributed by atoms with Gasteiger partial charge in [-0.25, -0.2) is 4.79 Å². The van der Waals surface area contributed by atoms with Crippen LogP contribution in [0.2, 0.25) is 10.0 Å². The van der Waals surface area contributed by atoms with E-state index in [1.54, 1.807) is 30.1 Å². The number of rotatable bonds is 5. The van der Waals surface area contributed by atoms with Crippen molar-refractivity contribution < 1.29 is 19.1 Å². The first-order chi connectivity index (χ1) is 18.9. The molecule has 2 atom stereocenters. The van der Waals surface area contributed by atoms with Gasteiger partial charge in [0, 0.05) is 74.0 Å². The minimum absolute atomic E-state index is 0.0689. The summed E-state index contributed by atoms with van der Waals surface area (Å²) in [5.41, 5.74) is 2.23. The molecular formula is C30H36Cl2N4O4. The van der Waals surface area contributed by atoms with Crippen LogP contribution in [0, 0.1) is 25.2 Å². The third-order valence-electron chi connectivity index (χ3n) is 8.67. The maximum atomic E-state index is 13.7. The Kier molecular flexibility index (Phi) is 8.03. The summed E-state index contributed by atoms with van der Waals surface area (Å²) in [6.45, 7) is 7.76. The maximum Gasteiger partial charge on any atom is 0.415 e. The van der Waals surface area contributed by atoms with Crippen molar-refractivity contribution in [2.45, 2.75) is 58.4 Å². The average Bonchev–Trinajstić information content (AvgIpc) is 3.52. The van der Waals surface area contributed by atoms with E-state index in [1.807, 2.05) is 42.7 Å². The third kappa shape index (κ3) is 5.93. The van der Waals surface area contributed by atoms with E-state index in [0.717, 1.165) is 29.8 Å². The molecule has 0 radical (unpaired) electrons. The lowest BCUT2D eigenvalue weighted by Gasteiger charge is -2.34. The molecule has 3 heterocycles. The van der Waals surface area contributed by atoms with Gasteiger partial charge in [-0.3, -0.25) is 14.6 Å². The lowest BCUT2D eigenvalue weighted by molar-refractivity contribution is -0.142. The van der Waals surface area contributed by atoms with Crippen LogP contribution in [-0.2, 0) is 9.59 Å². The Labute approximate surface area is 245 Å². The molecule has 2 aliphatic heterocycles. The molecule has 8 nitrogen and oxygen atoms in total. The number of carbonyl (C=O) groups excluding carboxylic acids is 3. The highest BCUT2D eigenvalue weighted by atomic mass is 35.5. The number of hydrogen-bond acceptors (Lipinski definition) is 5. The third-order valence-corrected chi connectivity index (χ3v) is 9.40. The first kappa shape index (κ1) is 28.7. The lowest BCUT2D eigenvalue weighted by atomic mass is 9.93. The van der Waals surface area contributed by atoms with Crippen LogP contribution in [0.4, 0.5) is 4.79 Å². The van der Waals surface area contributed by atoms with E-state index < -0.39 is 6.09 Å². The van der Waals surface area contributed by atoms with E-state index in [-0.39, 0.29) is 35.1 Å². The second kappa shape index (κ2) is 11.2. The van der Waals surface area contributed by atoms with Crippen LogP contribution >= 0.6 is 23.2 Å². The van der Waals surface area contributed by atoms with E-state index in [0.29, 0.717) is 54.8 Å². The summed E-state index contributed by atoms with van der Waals surface area (Å²) in [6, 6.07) is 8.58. The molecule has 10 heteroatoms. The van der Waals surface area contributed by atoms with Gasteiger partial charge in [0.25, 0.3) is 0 Å². The number of likely N-dealkylation sites (N-methyl/N-ethyl adjacent to an activating group) is 1. The number of nitrogens with zero attached hydrogens (tertiary/aromatic N) is 4. The lowest BCUT2D eigenvalue weighted by Crippen LogP contribution is -2.46. The van der Waals surface area contributed by atoms with Gasteiger partial charge in [0.15, 0.2) is 0 Å². The molecule has 3 amide bonds. The second-order valence-corrected chi connectivity index (χ2v) is 12.6. The Hall–Kier alpha value is -2.84. The Morgan fingerprint density at radius 1 is 0.975 bits per heavy atom. The number of hydrogen-bond donors (Lipinski definition) is 0. The number of benzene rings is 1. The van der Waals surface area contributed by atoms with Crippen molar-refractivity contribution in [1.29, 1.82) is 0 Å². The van der Waals surface area contributed by atoms with Crippen LogP contribution in [0.5, 0.6) is 5.75 Å². The summed E-state index contributed by atoms with van der Waals surface area (Å²) in [4.78, 5) is 49.5. The van der Waals surface area contributed by atoms with Crippen molar-refractivity contribution in [2.75, 3.05) is 33.2 Å². The molecule has 2 aromatic rings. The zero-order valence-electron chi connectivity index (χ0n) is 23.5. The van der Waals surface area contributed by atoms with Gasteiger partial charge < -0.3 is 19.4 Å². The summed E-state index contributed by atoms with van der Waals surface area (Å²) in [7, 11) is 1.70. The van der Waals surface area contributed by atoms with Crippen LogP contribution in [0.1, 0.15) is 55.5 Å². The van der Waals surface area contributed by atoms with Crippen molar-refractivity contribution in [1.82, 2.24) is 19.7 Å². The predicted molar refractivity (Wildman–Crippen MR) is 154 cm³/mol. The number of pyridine rings is 1. The molecule has 2 unspecified atom stereocenters. The highest BCUT2D eigenvalue weighted by Crippen LogP contribution is 2.47. The Balaban J connectivity index is 1.31. The number of aromatic nitrogens is 1. The van der Waals surface area contributed by atoms with Crippen molar-refractivity contribution >= 4 is 41.1 Å². The number of carbonyl (C=O) groups is 3. The van der Waals surface area contributed by atoms with Gasteiger partial charge in [0.05, 0.1) is 16.1 Å². The van der Waals surface area contributed by atoms with Crippen molar-refractivity contribution in [3.63, 3.8) is 0 Å². The number of aryl methyl sites for hydroxylation is 2. The first-order valence-electron chi connectivity index (χ1n) is 13.9. The Morgan fingerprint density at radius 2 is 1.62 bits per heavy atom. The van der Waals surface area contributed by atoms with Gasteiger partial charge in [-0.15, -0.1) is 0 Å². The highest BCUT2D eigenvalue weighted by Gasteiger charge is 2.48. The second-order valence-electron chi connectivity index (χ2n) is 11.8. The molecule has 1 saturated carbocycles. The molecule has 0 N–H and O–H groups in total. The normalized spacial score (nSPS) is 22.2. The van der Waals surface area contributed by atoms with Crippen LogP contribution in [0.3, 0.4) is 0 Å². The van der Waals surface area contributed by atoms with Gasteiger partial charge in [0.2, 0.25) is 11.8 Å². The molecule has 3 fully saturated rings. The summed E-state index contributed by atoms with van der Waals surface area (Å²) in [5.74, 6) is 0.400. The van der Waals surface area contributed by atoms with Crippen molar-refractivity contribution in [3.8, 4) is 5.75 Å². The molecule has 3 aliphatic rings. The topological polar surface area (TPSA) is 83.0 Å². The van der Waals surface area contributed by atoms with E-state index >= 15 is 0 Å². The van der Waals surface area contributed by atoms with Crippen molar-refractivity contribution in [3.05, 3.63) is 57.3 Å². The first-order valence-corrected chi connectivity index (χ1v) is 14.6. The number of likely N-dealkylation sites (tertiary alicyclic amines) is 2. The smallest absolute Gasteiger partial charge is 0.410 e. The minimum Gasteiger partial charge on any atom is -0.410 e. The monoisotopic (exact) mass is 586 g/mol. The minimum atomic E-state index is -0.505. The quantitative estimate of drug-likeness (QED) is 0.464. The van der Waals surface area contributed by atoms with E-state index in [2.05, 4.69) is 4.98 Å². The van der Waals surface area contributed by atoms with Gasteiger partial charge in [-0.1, -0.05) is 36.2 Å². The Morgan fingerprint density at radius 3 is 2.23 bits per heavy atom. The Bertz CT molecular complexity index is 1300. The zero-order chi connectivity index (χ0) is 28.8. The molecule has 0 bridgehead atoms. The molecule has 0 spiro atoms. The van der Waals surface area contributed by atoms with E-state index in [4.69, 9.17) is 27.9 Å². The predicted octanol–water partition coefficient (Wildman–Crippen LogP) is 5.47. The van der Waals surface area contributed by atoms with Crippen LogP contribution in [-0.4, -0.2) is 76.9 Å². The van der Waals surface area contributed by atoms with E-state index in [9.17, 15) is 14.4 Å². The summed E-state index contributed by atoms with van der Waals surface area (Å²) >= 11 is 12.5. The number of halogens is 2. The van der Waals surface area contributed by atoms with Gasteiger partial charge >= 0.3 is 6.09 Å². The molecular weight excluding hydrogens is 551 g/mol. The average molecular weight is 588 g/mol. The summed E-state index contributed by atoms with van der Waals surface area (Å²) in [5, 5.41) is 0.877. The van der Waals surface area contributed by atoms with Crippen LogP contribution in [0.15, 0.2) is 30.3 Å². The molecule has 1 aromatic carbocycles. The SMILES string of the molecule is Cc1cc(OC(=O)N(C)C2CN(C(=O)C3CCN(C(=O)C4(C)CC4)CC3)CC2c2ccc(Cl)c(Cl)c2)cc(C)n1. The summed E-state index contributed by atoms with van der Waals surface area (Å²) in [6.07, 6.45) is 2.70. The molecule has 2 saturated heterocycles. The van der Waals surface area contributed by atoms with Crippen molar-refractivity contribution in [2.24, 2.45) is 11.3 Å². The number of amides is 3. The largest absolute Gasteiger partial charge is 0.415 e. The highest BCUT2D eigenvalue weighted by molar-refractivity contribution is 6.42. The standard InChI is InChI=1S/C30H36Cl2N4O4/c1-18-13-22(14-19(2)33-18)40-29(39)34(4)26-17-36(16-23(26)21-5-6-24(31)25(32)15-21)27(37)20-7-11-35(12-8-20)28(38)30(3)9-10-30/h5-6,13-15,20,23,26H,7-12,16-17H2,1-4H3. The maximum absolute atomic E-state index is 13.7.